The van der Waals surface area contributed by atoms with E-state index in [1.54, 1.807) is 0 Å². The zero-order valence-corrected chi connectivity index (χ0v) is 10.7. The molecule has 1 aromatic carbocycles. The van der Waals surface area contributed by atoms with Crippen molar-refractivity contribution in [1.82, 2.24) is 9.55 Å². The van der Waals surface area contributed by atoms with E-state index in [0.717, 1.165) is 24.5 Å². The molecule has 0 radical (unpaired) electrons. The summed E-state index contributed by atoms with van der Waals surface area (Å²) in [5.74, 6) is 0.768. The zero-order chi connectivity index (χ0) is 12.4. The molecule has 0 spiro atoms. The quantitative estimate of drug-likeness (QED) is 0.878. The number of aromatic nitrogens is 2. The largest absolute Gasteiger partial charge is 0.383 e. The van der Waals surface area contributed by atoms with E-state index < -0.39 is 0 Å². The maximum Gasteiger partial charge on any atom is 0.131 e. The lowest BCUT2D eigenvalue weighted by molar-refractivity contribution is 0.686. The van der Waals surface area contributed by atoms with Gasteiger partial charge in [0.15, 0.2) is 0 Å². The summed E-state index contributed by atoms with van der Waals surface area (Å²) in [4.78, 5) is 4.46. The Hall–Kier alpha value is -1.77. The number of nitrogen functional groups attached to an aromatic ring is 1. The number of hydrogen-bond donors (Lipinski definition) is 1. The molecule has 0 amide bonds. The highest BCUT2D eigenvalue weighted by molar-refractivity contribution is 5.75. The second-order valence-corrected chi connectivity index (χ2v) is 4.44. The zero-order valence-electron chi connectivity index (χ0n) is 10.7. The van der Waals surface area contributed by atoms with Crippen LogP contribution in [-0.4, -0.2) is 9.55 Å². The average Bonchev–Trinajstić information content (AvgIpc) is 2.62. The third kappa shape index (κ3) is 2.05. The molecule has 0 atom stereocenters. The fraction of sp³-hybridized carbons (Fsp3) is 0.357. The standard InChI is InChI=1S/C14H19N3/c1-4-8-17-9-16-13(14(17)15)12-10(2)6-5-7-11(12)3/h5-7,9H,4,8,15H2,1-3H3. The molecule has 1 heterocycles. The molecule has 0 saturated carbocycles. The lowest BCUT2D eigenvalue weighted by Crippen LogP contribution is -2.02. The van der Waals surface area contributed by atoms with E-state index in [1.165, 1.54) is 16.7 Å². The van der Waals surface area contributed by atoms with Gasteiger partial charge in [-0.25, -0.2) is 4.98 Å². The van der Waals surface area contributed by atoms with Gasteiger partial charge in [0.1, 0.15) is 11.5 Å². The van der Waals surface area contributed by atoms with E-state index in [1.807, 2.05) is 10.9 Å². The van der Waals surface area contributed by atoms with E-state index in [-0.39, 0.29) is 0 Å². The number of aryl methyl sites for hydroxylation is 3. The highest BCUT2D eigenvalue weighted by atomic mass is 15.1. The molecule has 0 unspecified atom stereocenters. The van der Waals surface area contributed by atoms with E-state index >= 15 is 0 Å². The third-order valence-electron chi connectivity index (χ3n) is 3.06. The van der Waals surface area contributed by atoms with Gasteiger partial charge in [-0.3, -0.25) is 0 Å². The lowest BCUT2D eigenvalue weighted by atomic mass is 10.0. The first-order valence-electron chi connectivity index (χ1n) is 6.02. The molecule has 1 aromatic heterocycles. The first kappa shape index (κ1) is 11.7. The fourth-order valence-electron chi connectivity index (χ4n) is 2.19. The summed E-state index contributed by atoms with van der Waals surface area (Å²) in [6, 6.07) is 6.26. The van der Waals surface area contributed by atoms with Crippen LogP contribution in [0, 0.1) is 13.8 Å². The smallest absolute Gasteiger partial charge is 0.131 e. The molecule has 0 saturated heterocycles. The Kier molecular flexibility index (Phi) is 3.18. The number of nitrogens with two attached hydrogens (primary N) is 1. The Bertz CT molecular complexity index is 506. The monoisotopic (exact) mass is 229 g/mol. The second-order valence-electron chi connectivity index (χ2n) is 4.44. The van der Waals surface area contributed by atoms with Crippen molar-refractivity contribution < 1.29 is 0 Å². The number of imidazole rings is 1. The molecule has 0 bridgehead atoms. The van der Waals surface area contributed by atoms with Gasteiger partial charge in [0.05, 0.1) is 6.33 Å². The van der Waals surface area contributed by atoms with Crippen molar-refractivity contribution in [1.29, 1.82) is 0 Å². The highest BCUT2D eigenvalue weighted by Gasteiger charge is 2.13. The van der Waals surface area contributed by atoms with Crippen molar-refractivity contribution in [2.24, 2.45) is 0 Å². The van der Waals surface area contributed by atoms with Crippen molar-refractivity contribution in [2.75, 3.05) is 5.73 Å². The van der Waals surface area contributed by atoms with E-state index in [4.69, 9.17) is 5.73 Å². The van der Waals surface area contributed by atoms with Crippen molar-refractivity contribution in [3.8, 4) is 11.3 Å². The van der Waals surface area contributed by atoms with Crippen LogP contribution in [0.1, 0.15) is 24.5 Å². The molecule has 0 fully saturated rings. The van der Waals surface area contributed by atoms with Gasteiger partial charge in [0, 0.05) is 12.1 Å². The third-order valence-corrected chi connectivity index (χ3v) is 3.06. The summed E-state index contributed by atoms with van der Waals surface area (Å²) < 4.78 is 2.02. The highest BCUT2D eigenvalue weighted by Crippen LogP contribution is 2.30. The summed E-state index contributed by atoms with van der Waals surface area (Å²) in [7, 11) is 0. The van der Waals surface area contributed by atoms with Gasteiger partial charge < -0.3 is 10.3 Å². The molecule has 2 rings (SSSR count). The molecule has 0 aliphatic rings. The predicted octanol–water partition coefficient (Wildman–Crippen LogP) is 3.16. The summed E-state index contributed by atoms with van der Waals surface area (Å²) in [5, 5.41) is 0. The molecule has 17 heavy (non-hydrogen) atoms. The first-order valence-corrected chi connectivity index (χ1v) is 6.02. The summed E-state index contributed by atoms with van der Waals surface area (Å²) in [5.41, 5.74) is 10.7. The average molecular weight is 229 g/mol. The number of rotatable bonds is 3. The summed E-state index contributed by atoms with van der Waals surface area (Å²) in [6.07, 6.45) is 2.90. The Labute approximate surface area is 102 Å². The van der Waals surface area contributed by atoms with E-state index in [9.17, 15) is 0 Å². The maximum absolute atomic E-state index is 6.16. The molecular formula is C14H19N3. The fourth-order valence-corrected chi connectivity index (χ4v) is 2.19. The van der Waals surface area contributed by atoms with Crippen LogP contribution < -0.4 is 5.73 Å². The van der Waals surface area contributed by atoms with Crippen LogP contribution in [0.15, 0.2) is 24.5 Å². The van der Waals surface area contributed by atoms with Crippen LogP contribution in [0.2, 0.25) is 0 Å². The topological polar surface area (TPSA) is 43.8 Å². The molecule has 0 aliphatic carbocycles. The summed E-state index contributed by atoms with van der Waals surface area (Å²) >= 11 is 0. The van der Waals surface area contributed by atoms with Gasteiger partial charge in [-0.05, 0) is 31.4 Å². The van der Waals surface area contributed by atoms with Crippen molar-refractivity contribution in [2.45, 2.75) is 33.7 Å². The van der Waals surface area contributed by atoms with Crippen LogP contribution >= 0.6 is 0 Å². The van der Waals surface area contributed by atoms with Crippen LogP contribution in [0.4, 0.5) is 5.82 Å². The Morgan fingerprint density at radius 2 is 1.88 bits per heavy atom. The minimum absolute atomic E-state index is 0.768. The van der Waals surface area contributed by atoms with Crippen LogP contribution in [-0.2, 0) is 6.54 Å². The van der Waals surface area contributed by atoms with Gasteiger partial charge in [-0.15, -0.1) is 0 Å². The molecular weight excluding hydrogens is 210 g/mol. The maximum atomic E-state index is 6.16. The van der Waals surface area contributed by atoms with Crippen molar-refractivity contribution >= 4 is 5.82 Å². The molecule has 0 aliphatic heterocycles. The minimum Gasteiger partial charge on any atom is -0.383 e. The predicted molar refractivity (Wildman–Crippen MR) is 71.8 cm³/mol. The molecule has 2 N–H and O–H groups in total. The van der Waals surface area contributed by atoms with Gasteiger partial charge in [0.25, 0.3) is 0 Å². The number of nitrogens with zero attached hydrogens (tertiary/aromatic N) is 2. The van der Waals surface area contributed by atoms with Crippen LogP contribution in [0.3, 0.4) is 0 Å². The first-order chi connectivity index (χ1) is 8.15. The van der Waals surface area contributed by atoms with Crippen LogP contribution in [0.5, 0.6) is 0 Å². The Morgan fingerprint density at radius 3 is 2.47 bits per heavy atom. The number of anilines is 1. The van der Waals surface area contributed by atoms with Gasteiger partial charge in [-0.2, -0.15) is 0 Å². The van der Waals surface area contributed by atoms with E-state index in [0.29, 0.717) is 0 Å². The van der Waals surface area contributed by atoms with Crippen LogP contribution in [0.25, 0.3) is 11.3 Å². The number of hydrogen-bond acceptors (Lipinski definition) is 2. The second kappa shape index (κ2) is 4.62. The van der Waals surface area contributed by atoms with Crippen molar-refractivity contribution in [3.05, 3.63) is 35.7 Å². The van der Waals surface area contributed by atoms with Gasteiger partial charge >= 0.3 is 0 Å². The molecule has 90 valence electrons. The molecule has 2 aromatic rings. The van der Waals surface area contributed by atoms with Gasteiger partial charge in [0.2, 0.25) is 0 Å². The number of benzene rings is 1. The molecule has 3 nitrogen and oxygen atoms in total. The lowest BCUT2D eigenvalue weighted by Gasteiger charge is -2.09. The minimum atomic E-state index is 0.768. The summed E-state index contributed by atoms with van der Waals surface area (Å²) in [6.45, 7) is 7.25. The SMILES string of the molecule is CCCn1cnc(-c2c(C)cccc2C)c1N. The molecule has 3 heteroatoms. The Balaban J connectivity index is 2.54. The van der Waals surface area contributed by atoms with Gasteiger partial charge in [-0.1, -0.05) is 25.1 Å². The Morgan fingerprint density at radius 1 is 1.24 bits per heavy atom. The normalized spacial score (nSPS) is 10.8. The van der Waals surface area contributed by atoms with E-state index in [2.05, 4.69) is 44.0 Å². The van der Waals surface area contributed by atoms with Crippen molar-refractivity contribution in [3.63, 3.8) is 0 Å².